The molecule has 5 heteroatoms. The van der Waals surface area contributed by atoms with Gasteiger partial charge in [0.15, 0.2) is 0 Å². The van der Waals surface area contributed by atoms with Gasteiger partial charge in [-0.1, -0.05) is 154 Å². The molecule has 8 aliphatic rings. The maximum Gasteiger partial charge on any atom is 0.393 e. The fraction of sp³-hybridized carbons (Fsp3) is 0.960. The molecule has 0 spiro atoms. The molecule has 8 aliphatic carbocycles. The number of nitrogens with zero attached hydrogens (tertiary/aromatic N) is 5. The van der Waals surface area contributed by atoms with Gasteiger partial charge in [0.1, 0.15) is 0 Å². The number of guanidine groups is 2. The van der Waals surface area contributed by atoms with E-state index in [0.717, 1.165) is 0 Å². The standard InChI is InChI=1S/C50H88N5/c1-9-25-41(26-10-1)52(42-27-11-2-12-28-42)49(53(43-29-13-3-14-30-43)44-31-15-4-16-32-44)51-50(54(45-33-17-5-18-34-45)46-35-19-6-20-36-46)55(47-37-21-7-22-38-47)48-39-23-8-24-40-48/h41-48H,1-40H2/q+1. The van der Waals surface area contributed by atoms with Crippen LogP contribution in [0.25, 0.3) is 0 Å². The molecule has 0 aliphatic heterocycles. The molecule has 0 unspecified atom stereocenters. The van der Waals surface area contributed by atoms with E-state index in [1.54, 1.807) is 11.9 Å². The van der Waals surface area contributed by atoms with Crippen molar-refractivity contribution < 1.29 is 4.58 Å². The minimum Gasteiger partial charge on any atom is -0.322 e. The van der Waals surface area contributed by atoms with Crippen LogP contribution in [0.4, 0.5) is 0 Å². The van der Waals surface area contributed by atoms with Gasteiger partial charge in [0.25, 0.3) is 5.96 Å². The van der Waals surface area contributed by atoms with E-state index in [9.17, 15) is 0 Å². The topological polar surface area (TPSA) is 25.1 Å². The lowest BCUT2D eigenvalue weighted by Gasteiger charge is -2.50. The van der Waals surface area contributed by atoms with E-state index in [4.69, 9.17) is 4.99 Å². The number of hydrogen-bond acceptors (Lipinski definition) is 0. The van der Waals surface area contributed by atoms with Gasteiger partial charge in [-0.3, -0.25) is 9.48 Å². The molecular weight excluding hydrogens is 671 g/mol. The monoisotopic (exact) mass is 759 g/mol. The van der Waals surface area contributed by atoms with Crippen LogP contribution in [0.5, 0.6) is 0 Å². The average molecular weight is 759 g/mol. The number of hydrogen-bond donors (Lipinski definition) is 0. The lowest BCUT2D eigenvalue weighted by atomic mass is 9.86. The molecule has 0 aromatic rings. The molecule has 0 radical (unpaired) electrons. The van der Waals surface area contributed by atoms with Gasteiger partial charge in [0.2, 0.25) is 0 Å². The van der Waals surface area contributed by atoms with Crippen LogP contribution >= 0.6 is 0 Å². The second-order valence-corrected chi connectivity index (χ2v) is 20.7. The highest BCUT2D eigenvalue weighted by atomic mass is 15.5. The zero-order valence-corrected chi connectivity index (χ0v) is 36.1. The predicted molar refractivity (Wildman–Crippen MR) is 233 cm³/mol. The zero-order chi connectivity index (χ0) is 37.1. The lowest BCUT2D eigenvalue weighted by Crippen LogP contribution is -2.61. The van der Waals surface area contributed by atoms with Crippen LogP contribution < -0.4 is 0 Å². The molecular formula is C50H88N5+. The largest absolute Gasteiger partial charge is 0.393 e. The molecule has 0 atom stereocenters. The normalized spacial score (nSPS) is 27.4. The quantitative estimate of drug-likeness (QED) is 0.140. The smallest absolute Gasteiger partial charge is 0.322 e. The molecule has 8 rings (SSSR count). The summed E-state index contributed by atoms with van der Waals surface area (Å²) in [5.41, 5.74) is 0. The van der Waals surface area contributed by atoms with Crippen LogP contribution in [0.2, 0.25) is 0 Å². The summed E-state index contributed by atoms with van der Waals surface area (Å²) < 4.78 is 3.20. The third kappa shape index (κ3) is 10.3. The van der Waals surface area contributed by atoms with Crippen LogP contribution in [-0.2, 0) is 0 Å². The van der Waals surface area contributed by atoms with E-state index in [0.29, 0.717) is 48.3 Å². The molecule has 0 saturated heterocycles. The van der Waals surface area contributed by atoms with Crippen molar-refractivity contribution in [1.29, 1.82) is 0 Å². The Labute approximate surface area is 340 Å². The highest BCUT2D eigenvalue weighted by Crippen LogP contribution is 2.39. The van der Waals surface area contributed by atoms with E-state index in [1.807, 2.05) is 0 Å². The van der Waals surface area contributed by atoms with Crippen molar-refractivity contribution in [2.24, 2.45) is 4.99 Å². The van der Waals surface area contributed by atoms with Crippen LogP contribution in [-0.4, -0.2) is 79.5 Å². The molecule has 0 amide bonds. The van der Waals surface area contributed by atoms with Gasteiger partial charge in [-0.25, -0.2) is 0 Å². The Morgan fingerprint density at radius 3 is 0.745 bits per heavy atom. The molecule has 0 heterocycles. The fourth-order valence-corrected chi connectivity index (χ4v) is 14.0. The second-order valence-electron chi connectivity index (χ2n) is 20.7. The van der Waals surface area contributed by atoms with Crippen LogP contribution in [0.15, 0.2) is 4.99 Å². The Balaban J connectivity index is 1.37. The van der Waals surface area contributed by atoms with Gasteiger partial charge in [0.05, 0.1) is 24.2 Å². The highest BCUT2D eigenvalue weighted by molar-refractivity contribution is 5.94. The van der Waals surface area contributed by atoms with Gasteiger partial charge in [0, 0.05) is 24.2 Å². The van der Waals surface area contributed by atoms with Gasteiger partial charge >= 0.3 is 5.96 Å². The molecule has 5 nitrogen and oxygen atoms in total. The van der Waals surface area contributed by atoms with Crippen molar-refractivity contribution in [2.45, 2.75) is 305 Å². The molecule has 8 fully saturated rings. The molecule has 0 N–H and O–H groups in total. The maximum atomic E-state index is 6.82. The Morgan fingerprint density at radius 1 is 0.273 bits per heavy atom. The molecule has 8 saturated carbocycles. The molecule has 0 aromatic carbocycles. The number of rotatable bonds is 8. The van der Waals surface area contributed by atoms with E-state index in [2.05, 4.69) is 19.3 Å². The summed E-state index contributed by atoms with van der Waals surface area (Å²) in [7, 11) is 0. The summed E-state index contributed by atoms with van der Waals surface area (Å²) in [5, 5.41) is 0. The van der Waals surface area contributed by atoms with Gasteiger partial charge in [-0.05, 0) is 108 Å². The zero-order valence-electron chi connectivity index (χ0n) is 36.1. The summed E-state index contributed by atoms with van der Waals surface area (Å²) in [5.74, 6) is 3.11. The summed E-state index contributed by atoms with van der Waals surface area (Å²) in [6, 6.07) is 5.46. The first kappa shape index (κ1) is 40.5. The first-order valence-corrected chi connectivity index (χ1v) is 25.9. The van der Waals surface area contributed by atoms with E-state index >= 15 is 0 Å². The minimum atomic E-state index is 0.683. The van der Waals surface area contributed by atoms with Crippen LogP contribution in [0.1, 0.15) is 257 Å². The lowest BCUT2D eigenvalue weighted by molar-refractivity contribution is -0.613. The Kier molecular flexibility index (Phi) is 15.6. The third-order valence-electron chi connectivity index (χ3n) is 16.9. The van der Waals surface area contributed by atoms with Crippen molar-refractivity contribution in [3.05, 3.63) is 0 Å². The van der Waals surface area contributed by atoms with E-state index in [1.165, 1.54) is 257 Å². The van der Waals surface area contributed by atoms with E-state index in [-0.39, 0.29) is 0 Å². The predicted octanol–water partition coefficient (Wildman–Crippen LogP) is 13.3. The minimum absolute atomic E-state index is 0.683. The highest BCUT2D eigenvalue weighted by Gasteiger charge is 2.46. The number of aliphatic imine (C=N–C) groups is 1. The molecule has 312 valence electrons. The van der Waals surface area contributed by atoms with Crippen molar-refractivity contribution in [2.75, 3.05) is 0 Å². The van der Waals surface area contributed by atoms with Crippen LogP contribution in [0.3, 0.4) is 0 Å². The second kappa shape index (κ2) is 21.1. The average Bonchev–Trinajstić information content (AvgIpc) is 3.27. The summed E-state index contributed by atoms with van der Waals surface area (Å²) in [4.78, 5) is 16.4. The van der Waals surface area contributed by atoms with Crippen molar-refractivity contribution in [1.82, 2.24) is 14.7 Å². The molecule has 55 heavy (non-hydrogen) atoms. The van der Waals surface area contributed by atoms with Crippen molar-refractivity contribution >= 4 is 11.9 Å². The molecule has 0 bridgehead atoms. The Hall–Kier alpha value is -1.26. The van der Waals surface area contributed by atoms with Crippen LogP contribution in [0, 0.1) is 0 Å². The molecule has 0 aromatic heterocycles. The van der Waals surface area contributed by atoms with Crippen molar-refractivity contribution in [3.63, 3.8) is 0 Å². The Morgan fingerprint density at radius 2 is 0.491 bits per heavy atom. The van der Waals surface area contributed by atoms with E-state index < -0.39 is 0 Å². The summed E-state index contributed by atoms with van der Waals surface area (Å²) in [6.45, 7) is 0. The van der Waals surface area contributed by atoms with Gasteiger partial charge < -0.3 is 9.80 Å². The van der Waals surface area contributed by atoms with Crippen molar-refractivity contribution in [3.8, 4) is 0 Å². The Bertz CT molecular complexity index is 1050. The first-order chi connectivity index (χ1) is 27.3. The first-order valence-electron chi connectivity index (χ1n) is 25.9. The SMILES string of the molecule is C1CCC(N(C(=NC(N(C2CCCCC2)C2CCCCC2)=[N+](C2CCCCC2)C2CCCCC2)N(C2CCCCC2)C2CCCCC2)C2CCCCC2)CC1. The maximum absolute atomic E-state index is 6.82. The third-order valence-corrected chi connectivity index (χ3v) is 16.9. The summed E-state index contributed by atoms with van der Waals surface area (Å²) in [6.07, 6.45) is 56.8. The van der Waals surface area contributed by atoms with Gasteiger partial charge in [-0.15, -0.1) is 0 Å². The van der Waals surface area contributed by atoms with Gasteiger partial charge in [-0.2, -0.15) is 0 Å². The fourth-order valence-electron chi connectivity index (χ4n) is 14.0. The summed E-state index contributed by atoms with van der Waals surface area (Å²) >= 11 is 0.